The number of carbonyl (C=O) groups is 1. The number of likely N-dealkylation sites (tertiary alicyclic amines) is 1. The highest BCUT2D eigenvalue weighted by Crippen LogP contribution is 2.18. The summed E-state index contributed by atoms with van der Waals surface area (Å²) in [5.41, 5.74) is 1.26. The molecular formula is C18H28N2O2S. The molecule has 2 rings (SSSR count). The Kier molecular flexibility index (Phi) is 7.92. The molecule has 0 atom stereocenters. The minimum Gasteiger partial charge on any atom is -0.393 e. The van der Waals surface area contributed by atoms with Crippen molar-refractivity contribution in [1.82, 2.24) is 10.2 Å². The highest BCUT2D eigenvalue weighted by atomic mass is 32.2. The van der Waals surface area contributed by atoms with Gasteiger partial charge in [-0.15, -0.1) is 11.8 Å². The Morgan fingerprint density at radius 1 is 1.30 bits per heavy atom. The zero-order valence-electron chi connectivity index (χ0n) is 14.0. The normalized spacial score (nSPS) is 16.4. The number of nitrogens with zero attached hydrogens (tertiary/aromatic N) is 1. The molecule has 0 bridgehead atoms. The van der Waals surface area contributed by atoms with Crippen LogP contribution in [-0.2, 0) is 4.79 Å². The van der Waals surface area contributed by atoms with E-state index in [-0.39, 0.29) is 12.0 Å². The van der Waals surface area contributed by atoms with E-state index in [1.807, 2.05) is 0 Å². The van der Waals surface area contributed by atoms with Gasteiger partial charge in [-0.25, -0.2) is 0 Å². The molecule has 0 aliphatic carbocycles. The van der Waals surface area contributed by atoms with Gasteiger partial charge in [0.1, 0.15) is 0 Å². The zero-order valence-corrected chi connectivity index (χ0v) is 14.8. The van der Waals surface area contributed by atoms with Crippen molar-refractivity contribution in [3.63, 3.8) is 0 Å². The largest absolute Gasteiger partial charge is 0.393 e. The summed E-state index contributed by atoms with van der Waals surface area (Å²) in [4.78, 5) is 15.4. The lowest BCUT2D eigenvalue weighted by Gasteiger charge is -2.29. The summed E-state index contributed by atoms with van der Waals surface area (Å²) in [6.07, 6.45) is 3.18. The van der Waals surface area contributed by atoms with E-state index in [1.54, 1.807) is 11.8 Å². The lowest BCUT2D eigenvalue weighted by molar-refractivity contribution is -0.120. The lowest BCUT2D eigenvalue weighted by atomic mass is 10.1. The molecule has 23 heavy (non-hydrogen) atoms. The summed E-state index contributed by atoms with van der Waals surface area (Å²) in [5, 5.41) is 12.5. The molecule has 1 aliphatic rings. The first kappa shape index (κ1) is 18.3. The maximum Gasteiger partial charge on any atom is 0.220 e. The van der Waals surface area contributed by atoms with Crippen LogP contribution >= 0.6 is 11.8 Å². The van der Waals surface area contributed by atoms with Crippen LogP contribution in [0, 0.1) is 6.92 Å². The van der Waals surface area contributed by atoms with Gasteiger partial charge in [0.25, 0.3) is 0 Å². The summed E-state index contributed by atoms with van der Waals surface area (Å²) in [7, 11) is 0. The second-order valence-corrected chi connectivity index (χ2v) is 7.36. The molecule has 1 heterocycles. The number of thioether (sulfide) groups is 1. The molecule has 1 amide bonds. The third-order valence-electron chi connectivity index (χ3n) is 4.15. The molecule has 4 nitrogen and oxygen atoms in total. The average molecular weight is 337 g/mol. The second-order valence-electron chi connectivity index (χ2n) is 6.19. The number of nitrogens with one attached hydrogen (secondary N) is 1. The van der Waals surface area contributed by atoms with E-state index in [9.17, 15) is 9.90 Å². The van der Waals surface area contributed by atoms with Crippen molar-refractivity contribution in [2.24, 2.45) is 0 Å². The first-order valence-corrected chi connectivity index (χ1v) is 9.48. The highest BCUT2D eigenvalue weighted by molar-refractivity contribution is 7.99. The standard InChI is InChI=1S/C18H28N2O2S/c1-15-3-5-17(6-4-15)23-14-9-18(22)19-10-2-11-20-12-7-16(21)8-13-20/h3-6,16,21H,2,7-14H2,1H3,(H,19,22). The van der Waals surface area contributed by atoms with Crippen LogP contribution in [0.2, 0.25) is 0 Å². The minimum absolute atomic E-state index is 0.114. The fourth-order valence-electron chi connectivity index (χ4n) is 2.66. The molecule has 0 saturated carbocycles. The number of hydrogen-bond acceptors (Lipinski definition) is 4. The Labute approximate surface area is 143 Å². The number of piperidine rings is 1. The molecule has 1 saturated heterocycles. The Morgan fingerprint density at radius 3 is 2.70 bits per heavy atom. The molecular weight excluding hydrogens is 308 g/mol. The van der Waals surface area contributed by atoms with E-state index in [2.05, 4.69) is 41.4 Å². The summed E-state index contributed by atoms with van der Waals surface area (Å²) in [5.74, 6) is 0.956. The number of aliphatic hydroxyl groups excluding tert-OH is 1. The number of rotatable bonds is 8. The molecule has 1 aliphatic heterocycles. The fraction of sp³-hybridized carbons (Fsp3) is 0.611. The van der Waals surface area contributed by atoms with Gasteiger partial charge in [-0.3, -0.25) is 4.79 Å². The van der Waals surface area contributed by atoms with Crippen LogP contribution in [0.3, 0.4) is 0 Å². The third-order valence-corrected chi connectivity index (χ3v) is 5.16. The van der Waals surface area contributed by atoms with E-state index >= 15 is 0 Å². The Bertz CT molecular complexity index is 470. The second kappa shape index (κ2) is 9.96. The Balaban J connectivity index is 1.49. The molecule has 0 radical (unpaired) electrons. The fourth-order valence-corrected chi connectivity index (χ4v) is 3.51. The summed E-state index contributed by atoms with van der Waals surface area (Å²) >= 11 is 1.73. The molecule has 2 N–H and O–H groups in total. The number of amides is 1. The maximum absolute atomic E-state index is 11.8. The molecule has 0 aromatic heterocycles. The highest BCUT2D eigenvalue weighted by Gasteiger charge is 2.16. The van der Waals surface area contributed by atoms with Gasteiger partial charge in [0.05, 0.1) is 6.10 Å². The summed E-state index contributed by atoms with van der Waals surface area (Å²) in [6.45, 7) is 5.77. The van der Waals surface area contributed by atoms with Gasteiger partial charge in [0.15, 0.2) is 0 Å². The molecule has 5 heteroatoms. The maximum atomic E-state index is 11.8. The molecule has 1 aromatic rings. The van der Waals surface area contributed by atoms with Crippen LogP contribution in [0.15, 0.2) is 29.2 Å². The van der Waals surface area contributed by atoms with Crippen LogP contribution in [0.5, 0.6) is 0 Å². The van der Waals surface area contributed by atoms with Crippen molar-refractivity contribution in [3.05, 3.63) is 29.8 Å². The Hall–Kier alpha value is -1.04. The number of benzene rings is 1. The molecule has 0 unspecified atom stereocenters. The first-order chi connectivity index (χ1) is 11.1. The number of aryl methyl sites for hydroxylation is 1. The van der Waals surface area contributed by atoms with Gasteiger partial charge in [-0.05, 0) is 44.9 Å². The molecule has 1 fully saturated rings. The predicted molar refractivity (Wildman–Crippen MR) is 95.8 cm³/mol. The minimum atomic E-state index is -0.114. The van der Waals surface area contributed by atoms with Crippen LogP contribution in [0.25, 0.3) is 0 Å². The quantitative estimate of drug-likeness (QED) is 0.565. The van der Waals surface area contributed by atoms with Crippen molar-refractivity contribution in [2.45, 2.75) is 43.6 Å². The third kappa shape index (κ3) is 7.38. The van der Waals surface area contributed by atoms with E-state index in [0.717, 1.165) is 51.2 Å². The zero-order chi connectivity index (χ0) is 16.5. The van der Waals surface area contributed by atoms with Gasteiger partial charge in [-0.1, -0.05) is 17.7 Å². The van der Waals surface area contributed by atoms with E-state index in [0.29, 0.717) is 6.42 Å². The topological polar surface area (TPSA) is 52.6 Å². The summed E-state index contributed by atoms with van der Waals surface area (Å²) in [6, 6.07) is 8.41. The number of carbonyl (C=O) groups excluding carboxylic acids is 1. The van der Waals surface area contributed by atoms with Crippen LogP contribution < -0.4 is 5.32 Å². The number of hydrogen-bond donors (Lipinski definition) is 2. The summed E-state index contributed by atoms with van der Waals surface area (Å²) < 4.78 is 0. The lowest BCUT2D eigenvalue weighted by Crippen LogP contribution is -2.37. The van der Waals surface area contributed by atoms with Crippen molar-refractivity contribution in [3.8, 4) is 0 Å². The smallest absolute Gasteiger partial charge is 0.220 e. The average Bonchev–Trinajstić information content (AvgIpc) is 2.55. The van der Waals surface area contributed by atoms with Gasteiger partial charge >= 0.3 is 0 Å². The van der Waals surface area contributed by atoms with E-state index in [1.165, 1.54) is 10.5 Å². The van der Waals surface area contributed by atoms with E-state index in [4.69, 9.17) is 0 Å². The monoisotopic (exact) mass is 336 g/mol. The molecule has 1 aromatic carbocycles. The van der Waals surface area contributed by atoms with Crippen molar-refractivity contribution < 1.29 is 9.90 Å². The van der Waals surface area contributed by atoms with Crippen LogP contribution in [-0.4, -0.2) is 53.9 Å². The number of aliphatic hydroxyl groups is 1. The van der Waals surface area contributed by atoms with Gasteiger partial charge < -0.3 is 15.3 Å². The van der Waals surface area contributed by atoms with E-state index < -0.39 is 0 Å². The van der Waals surface area contributed by atoms with Crippen molar-refractivity contribution >= 4 is 17.7 Å². The predicted octanol–water partition coefficient (Wildman–Crippen LogP) is 2.44. The van der Waals surface area contributed by atoms with Crippen molar-refractivity contribution in [2.75, 3.05) is 31.9 Å². The van der Waals surface area contributed by atoms with Gasteiger partial charge in [-0.2, -0.15) is 0 Å². The SMILES string of the molecule is Cc1ccc(SCCC(=O)NCCCN2CCC(O)CC2)cc1. The Morgan fingerprint density at radius 2 is 2.00 bits per heavy atom. The molecule has 128 valence electrons. The van der Waals surface area contributed by atoms with Gasteiger partial charge in [0.2, 0.25) is 5.91 Å². The van der Waals surface area contributed by atoms with Crippen LogP contribution in [0.1, 0.15) is 31.2 Å². The van der Waals surface area contributed by atoms with Crippen LogP contribution in [0.4, 0.5) is 0 Å². The molecule has 0 spiro atoms. The van der Waals surface area contributed by atoms with Gasteiger partial charge in [0, 0.05) is 36.7 Å². The van der Waals surface area contributed by atoms with Crippen molar-refractivity contribution in [1.29, 1.82) is 0 Å². The first-order valence-electron chi connectivity index (χ1n) is 8.50.